The van der Waals surface area contributed by atoms with Crippen molar-refractivity contribution in [1.29, 1.82) is 0 Å². The van der Waals surface area contributed by atoms with Gasteiger partial charge in [0.25, 0.3) is 11.8 Å². The Morgan fingerprint density at radius 3 is 2.00 bits per heavy atom. The van der Waals surface area contributed by atoms with Crippen LogP contribution in [0.25, 0.3) is 0 Å². The fraction of sp³-hybridized carbons (Fsp3) is 0.273. The molecule has 15 heavy (non-hydrogen) atoms. The van der Waals surface area contributed by atoms with Crippen LogP contribution in [-0.2, 0) is 4.74 Å². The van der Waals surface area contributed by atoms with Gasteiger partial charge in [0.2, 0.25) is 0 Å². The van der Waals surface area contributed by atoms with E-state index in [4.69, 9.17) is 4.74 Å². The van der Waals surface area contributed by atoms with E-state index in [-0.39, 0.29) is 11.8 Å². The van der Waals surface area contributed by atoms with Crippen LogP contribution >= 0.6 is 0 Å². The van der Waals surface area contributed by atoms with Gasteiger partial charge in [-0.15, -0.1) is 0 Å². The highest BCUT2D eigenvalue weighted by Gasteiger charge is 2.38. The minimum absolute atomic E-state index is 0.287. The van der Waals surface area contributed by atoms with E-state index in [0.717, 1.165) is 4.90 Å². The first-order valence-electron chi connectivity index (χ1n) is 4.66. The van der Waals surface area contributed by atoms with E-state index < -0.39 is 6.23 Å². The molecule has 1 heterocycles. The van der Waals surface area contributed by atoms with E-state index in [1.54, 1.807) is 31.2 Å². The third-order valence-electron chi connectivity index (χ3n) is 2.53. The summed E-state index contributed by atoms with van der Waals surface area (Å²) < 4.78 is 4.99. The van der Waals surface area contributed by atoms with Crippen molar-refractivity contribution in [3.05, 3.63) is 35.4 Å². The van der Waals surface area contributed by atoms with Crippen molar-refractivity contribution in [2.45, 2.75) is 13.2 Å². The second-order valence-corrected chi connectivity index (χ2v) is 3.36. The van der Waals surface area contributed by atoms with Crippen LogP contribution in [0.2, 0.25) is 0 Å². The number of hydrogen-bond acceptors (Lipinski definition) is 3. The maximum atomic E-state index is 11.8. The molecule has 0 N–H and O–H groups in total. The van der Waals surface area contributed by atoms with Gasteiger partial charge in [-0.3, -0.25) is 9.59 Å². The number of methoxy groups -OCH3 is 1. The lowest BCUT2D eigenvalue weighted by atomic mass is 10.1. The van der Waals surface area contributed by atoms with Crippen LogP contribution in [0.3, 0.4) is 0 Å². The smallest absolute Gasteiger partial charge is 0.263 e. The minimum Gasteiger partial charge on any atom is -0.361 e. The Bertz CT molecular complexity index is 393. The van der Waals surface area contributed by atoms with Gasteiger partial charge in [-0.25, -0.2) is 4.90 Å². The van der Waals surface area contributed by atoms with Crippen molar-refractivity contribution < 1.29 is 14.3 Å². The second-order valence-electron chi connectivity index (χ2n) is 3.36. The number of fused-ring (bicyclic) bond motifs is 1. The monoisotopic (exact) mass is 205 g/mol. The molecule has 1 atom stereocenters. The van der Waals surface area contributed by atoms with Gasteiger partial charge in [-0.1, -0.05) is 12.1 Å². The van der Waals surface area contributed by atoms with Crippen molar-refractivity contribution in [3.63, 3.8) is 0 Å². The third-order valence-corrected chi connectivity index (χ3v) is 2.53. The first-order valence-corrected chi connectivity index (χ1v) is 4.66. The van der Waals surface area contributed by atoms with Crippen LogP contribution < -0.4 is 0 Å². The maximum Gasteiger partial charge on any atom is 0.263 e. The zero-order chi connectivity index (χ0) is 11.0. The summed E-state index contributed by atoms with van der Waals surface area (Å²) in [6, 6.07) is 6.78. The molecular formula is C11H11NO3. The Kier molecular flexibility index (Phi) is 2.28. The number of ether oxygens (including phenoxy) is 1. The van der Waals surface area contributed by atoms with Crippen molar-refractivity contribution in [1.82, 2.24) is 4.90 Å². The number of rotatable bonds is 2. The van der Waals surface area contributed by atoms with Crippen molar-refractivity contribution >= 4 is 11.8 Å². The first-order chi connectivity index (χ1) is 7.16. The number of amides is 2. The second kappa shape index (κ2) is 3.47. The zero-order valence-corrected chi connectivity index (χ0v) is 8.56. The highest BCUT2D eigenvalue weighted by molar-refractivity contribution is 6.21. The third kappa shape index (κ3) is 1.34. The minimum atomic E-state index is -0.530. The normalized spacial score (nSPS) is 16.8. The number of benzene rings is 1. The summed E-state index contributed by atoms with van der Waals surface area (Å²) in [4.78, 5) is 24.8. The van der Waals surface area contributed by atoms with Crippen LogP contribution in [0.4, 0.5) is 0 Å². The molecule has 0 aromatic heterocycles. The molecule has 1 aromatic carbocycles. The number of hydrogen-bond donors (Lipinski definition) is 0. The molecule has 0 fully saturated rings. The molecule has 0 saturated heterocycles. The Hall–Kier alpha value is -1.68. The van der Waals surface area contributed by atoms with E-state index >= 15 is 0 Å². The standard InChI is InChI=1S/C11H11NO3/c1-7(15-2)12-10(13)8-5-3-4-6-9(8)11(12)14/h3-7H,1-2H3. The molecule has 4 nitrogen and oxygen atoms in total. The predicted molar refractivity (Wildman–Crippen MR) is 53.4 cm³/mol. The summed E-state index contributed by atoms with van der Waals surface area (Å²) in [5, 5.41) is 0. The Morgan fingerprint density at radius 2 is 1.60 bits per heavy atom. The van der Waals surface area contributed by atoms with E-state index in [0.29, 0.717) is 11.1 Å². The van der Waals surface area contributed by atoms with Crippen molar-refractivity contribution in [2.24, 2.45) is 0 Å². The summed E-state index contributed by atoms with van der Waals surface area (Å²) >= 11 is 0. The van der Waals surface area contributed by atoms with Gasteiger partial charge >= 0.3 is 0 Å². The van der Waals surface area contributed by atoms with Crippen LogP contribution in [-0.4, -0.2) is 30.1 Å². The van der Waals surface area contributed by atoms with Gasteiger partial charge in [0.05, 0.1) is 11.1 Å². The van der Waals surface area contributed by atoms with Crippen LogP contribution in [0.5, 0.6) is 0 Å². The maximum absolute atomic E-state index is 11.8. The van der Waals surface area contributed by atoms with Gasteiger partial charge in [0.1, 0.15) is 6.23 Å². The summed E-state index contributed by atoms with van der Waals surface area (Å²) in [7, 11) is 1.47. The lowest BCUT2D eigenvalue weighted by Gasteiger charge is -2.20. The molecule has 0 aliphatic carbocycles. The van der Waals surface area contributed by atoms with Gasteiger partial charge in [0, 0.05) is 7.11 Å². The summed E-state index contributed by atoms with van der Waals surface area (Å²) in [5.74, 6) is -0.574. The number of imide groups is 1. The molecule has 0 spiro atoms. The molecule has 78 valence electrons. The van der Waals surface area contributed by atoms with Gasteiger partial charge < -0.3 is 4.74 Å². The molecule has 1 aromatic rings. The molecule has 2 rings (SSSR count). The topological polar surface area (TPSA) is 46.6 Å². The number of nitrogens with zero attached hydrogens (tertiary/aromatic N) is 1. The van der Waals surface area contributed by atoms with E-state index in [1.165, 1.54) is 7.11 Å². The fourth-order valence-electron chi connectivity index (χ4n) is 1.64. The Balaban J connectivity index is 2.45. The fourth-order valence-corrected chi connectivity index (χ4v) is 1.64. The van der Waals surface area contributed by atoms with Gasteiger partial charge in [-0.2, -0.15) is 0 Å². The highest BCUT2D eigenvalue weighted by Crippen LogP contribution is 2.24. The lowest BCUT2D eigenvalue weighted by Crippen LogP contribution is -2.38. The van der Waals surface area contributed by atoms with E-state index in [1.807, 2.05) is 0 Å². The quantitative estimate of drug-likeness (QED) is 0.683. The average molecular weight is 205 g/mol. The van der Waals surface area contributed by atoms with Crippen molar-refractivity contribution in [3.8, 4) is 0 Å². The number of carbonyl (C=O) groups excluding carboxylic acids is 2. The summed E-state index contributed by atoms with van der Waals surface area (Å²) in [6.45, 7) is 1.67. The first kappa shape index (κ1) is 9.86. The molecule has 1 aliphatic rings. The molecule has 1 aliphatic heterocycles. The van der Waals surface area contributed by atoms with Gasteiger partial charge in [0.15, 0.2) is 0 Å². The van der Waals surface area contributed by atoms with E-state index in [2.05, 4.69) is 0 Å². The summed E-state index contributed by atoms with van der Waals surface area (Å²) in [6.07, 6.45) is -0.530. The lowest BCUT2D eigenvalue weighted by molar-refractivity contribution is -0.000332. The molecule has 1 unspecified atom stereocenters. The van der Waals surface area contributed by atoms with Crippen LogP contribution in [0.15, 0.2) is 24.3 Å². The molecule has 0 bridgehead atoms. The number of carbonyl (C=O) groups is 2. The molecule has 0 saturated carbocycles. The van der Waals surface area contributed by atoms with Crippen LogP contribution in [0, 0.1) is 0 Å². The zero-order valence-electron chi connectivity index (χ0n) is 8.56. The van der Waals surface area contributed by atoms with Crippen molar-refractivity contribution in [2.75, 3.05) is 7.11 Å². The van der Waals surface area contributed by atoms with E-state index in [9.17, 15) is 9.59 Å². The largest absolute Gasteiger partial charge is 0.361 e. The highest BCUT2D eigenvalue weighted by atomic mass is 16.5. The molecule has 2 amide bonds. The Morgan fingerprint density at radius 1 is 1.13 bits per heavy atom. The predicted octanol–water partition coefficient (Wildman–Crippen LogP) is 1.28. The SMILES string of the molecule is COC(C)N1C(=O)c2ccccc2C1=O. The van der Waals surface area contributed by atoms with Crippen LogP contribution in [0.1, 0.15) is 27.6 Å². The Labute approximate surface area is 87.4 Å². The average Bonchev–Trinajstić information content (AvgIpc) is 2.52. The molecule has 0 radical (unpaired) electrons. The molecular weight excluding hydrogens is 194 g/mol. The summed E-state index contributed by atoms with van der Waals surface area (Å²) in [5.41, 5.74) is 0.901. The van der Waals surface area contributed by atoms with Gasteiger partial charge in [-0.05, 0) is 19.1 Å². The molecule has 4 heteroatoms.